The Morgan fingerprint density at radius 3 is 1.31 bits per heavy atom. The van der Waals surface area contributed by atoms with Crippen molar-refractivity contribution in [1.82, 2.24) is 0 Å². The van der Waals surface area contributed by atoms with Crippen molar-refractivity contribution in [3.05, 3.63) is 139 Å². The number of rotatable bonds is 2. The second kappa shape index (κ2) is 8.86. The number of benzene rings is 8. The molecule has 0 aliphatic carbocycles. The van der Waals surface area contributed by atoms with Gasteiger partial charge in [0.25, 0.3) is 0 Å². The maximum atomic E-state index is 6.84. The Morgan fingerprint density at radius 1 is 0.381 bits per heavy atom. The first-order chi connectivity index (χ1) is 20.8. The van der Waals surface area contributed by atoms with Crippen molar-refractivity contribution in [3.8, 4) is 22.6 Å². The summed E-state index contributed by atoms with van der Waals surface area (Å²) in [6.07, 6.45) is 0. The molecule has 8 aromatic rings. The second-order valence-corrected chi connectivity index (χ2v) is 11.2. The summed E-state index contributed by atoms with van der Waals surface area (Å²) in [5.74, 6) is 1.63. The van der Waals surface area contributed by atoms with Gasteiger partial charge >= 0.3 is 7.12 Å². The van der Waals surface area contributed by atoms with E-state index >= 15 is 0 Å². The molecule has 1 aliphatic heterocycles. The van der Waals surface area contributed by atoms with Crippen LogP contribution >= 0.6 is 0 Å². The van der Waals surface area contributed by atoms with Gasteiger partial charge in [0.2, 0.25) is 0 Å². The van der Waals surface area contributed by atoms with Crippen LogP contribution in [0.25, 0.3) is 65.0 Å². The van der Waals surface area contributed by atoms with Gasteiger partial charge in [0, 0.05) is 16.2 Å². The van der Waals surface area contributed by atoms with Crippen LogP contribution < -0.4 is 14.8 Å². The highest BCUT2D eigenvalue weighted by Gasteiger charge is 2.39. The number of hydrogen-bond acceptors (Lipinski definition) is 2. The lowest BCUT2D eigenvalue weighted by molar-refractivity contribution is 0.523. The molecule has 1 heterocycles. The third-order valence-corrected chi connectivity index (χ3v) is 8.91. The summed E-state index contributed by atoms with van der Waals surface area (Å²) < 4.78 is 13.7. The van der Waals surface area contributed by atoms with E-state index in [1.54, 1.807) is 0 Å². The third-order valence-electron chi connectivity index (χ3n) is 8.91. The van der Waals surface area contributed by atoms with Gasteiger partial charge < -0.3 is 9.31 Å². The van der Waals surface area contributed by atoms with Crippen LogP contribution in [0.5, 0.6) is 11.5 Å². The number of aryl methyl sites for hydroxylation is 1. The molecular formula is C39H25BO2. The number of hydrogen-bond donors (Lipinski definition) is 0. The van der Waals surface area contributed by atoms with E-state index in [0.29, 0.717) is 0 Å². The van der Waals surface area contributed by atoms with Crippen LogP contribution in [-0.4, -0.2) is 7.12 Å². The highest BCUT2D eigenvalue weighted by molar-refractivity contribution is 6.70. The minimum Gasteiger partial charge on any atom is -0.519 e. The summed E-state index contributed by atoms with van der Waals surface area (Å²) in [6, 6.07) is 47.5. The van der Waals surface area contributed by atoms with E-state index in [2.05, 4.69) is 140 Å². The number of fused-ring (bicyclic) bond motifs is 9. The lowest BCUT2D eigenvalue weighted by atomic mass is 9.71. The summed E-state index contributed by atoms with van der Waals surface area (Å²) in [7, 11) is -0.576. The van der Waals surface area contributed by atoms with Crippen molar-refractivity contribution in [2.24, 2.45) is 0 Å². The molecule has 0 spiro atoms. The average molecular weight is 536 g/mol. The minimum atomic E-state index is -0.576. The van der Waals surface area contributed by atoms with Crippen molar-refractivity contribution in [1.29, 1.82) is 0 Å². The molecule has 0 atom stereocenters. The van der Waals surface area contributed by atoms with Gasteiger partial charge in [-0.15, -0.1) is 0 Å². The maximum Gasteiger partial charge on any atom is 0.634 e. The Kier molecular flexibility index (Phi) is 4.94. The minimum absolute atomic E-state index is 0.576. The molecule has 0 N–H and O–H groups in total. The van der Waals surface area contributed by atoms with Gasteiger partial charge in [-0.3, -0.25) is 0 Å². The highest BCUT2D eigenvalue weighted by Crippen LogP contribution is 2.48. The fourth-order valence-corrected chi connectivity index (χ4v) is 7.04. The van der Waals surface area contributed by atoms with E-state index in [1.165, 1.54) is 49.0 Å². The molecule has 0 saturated carbocycles. The molecule has 196 valence electrons. The fourth-order valence-electron chi connectivity index (χ4n) is 7.04. The lowest BCUT2D eigenvalue weighted by Gasteiger charge is -2.19. The Hall–Kier alpha value is -5.28. The van der Waals surface area contributed by atoms with Crippen molar-refractivity contribution < 1.29 is 9.31 Å². The summed E-state index contributed by atoms with van der Waals surface area (Å²) in [4.78, 5) is 0. The molecular weight excluding hydrogens is 511 g/mol. The normalized spacial score (nSPS) is 12.7. The first kappa shape index (κ1) is 23.4. The topological polar surface area (TPSA) is 18.5 Å². The second-order valence-electron chi connectivity index (χ2n) is 11.2. The van der Waals surface area contributed by atoms with Gasteiger partial charge in [-0.25, -0.2) is 0 Å². The van der Waals surface area contributed by atoms with E-state index in [4.69, 9.17) is 9.31 Å². The molecule has 0 saturated heterocycles. The van der Waals surface area contributed by atoms with Crippen molar-refractivity contribution >= 4 is 66.4 Å². The van der Waals surface area contributed by atoms with E-state index in [-0.39, 0.29) is 0 Å². The summed E-state index contributed by atoms with van der Waals surface area (Å²) in [6.45, 7) is 2.19. The van der Waals surface area contributed by atoms with Crippen molar-refractivity contribution in [2.45, 2.75) is 6.92 Å². The molecule has 9 rings (SSSR count). The van der Waals surface area contributed by atoms with E-state index in [0.717, 1.165) is 38.5 Å². The lowest BCUT2D eigenvalue weighted by Crippen LogP contribution is -2.40. The SMILES string of the molecule is Cc1ccc(-c2c3ccccc3c(B3Oc4c(c5ccccc5c5ccccc45)O3)c3ccccc23)c2ccccc12. The molecule has 2 nitrogen and oxygen atoms in total. The molecule has 8 aromatic carbocycles. The maximum absolute atomic E-state index is 6.84. The van der Waals surface area contributed by atoms with Gasteiger partial charge in [-0.1, -0.05) is 133 Å². The summed E-state index contributed by atoms with van der Waals surface area (Å²) in [5.41, 5.74) is 4.83. The van der Waals surface area contributed by atoms with Crippen molar-refractivity contribution in [3.63, 3.8) is 0 Å². The van der Waals surface area contributed by atoms with E-state index in [9.17, 15) is 0 Å². The molecule has 0 fully saturated rings. The predicted octanol–water partition coefficient (Wildman–Crippen LogP) is 9.59. The Balaban J connectivity index is 1.34. The van der Waals surface area contributed by atoms with Crippen LogP contribution in [-0.2, 0) is 0 Å². The van der Waals surface area contributed by atoms with Crippen LogP contribution in [0.4, 0.5) is 0 Å². The van der Waals surface area contributed by atoms with Gasteiger partial charge in [-0.05, 0) is 66.7 Å². The van der Waals surface area contributed by atoms with Crippen LogP contribution in [0.2, 0.25) is 0 Å². The Bertz CT molecular complexity index is 2270. The summed E-state index contributed by atoms with van der Waals surface area (Å²) >= 11 is 0. The smallest absolute Gasteiger partial charge is 0.519 e. The molecule has 1 aliphatic rings. The summed E-state index contributed by atoms with van der Waals surface area (Å²) in [5, 5.41) is 11.7. The highest BCUT2D eigenvalue weighted by atomic mass is 16.6. The van der Waals surface area contributed by atoms with Gasteiger partial charge in [0.1, 0.15) is 0 Å². The monoisotopic (exact) mass is 536 g/mol. The van der Waals surface area contributed by atoms with Crippen LogP contribution in [0.3, 0.4) is 0 Å². The zero-order chi connectivity index (χ0) is 27.8. The third kappa shape index (κ3) is 3.22. The van der Waals surface area contributed by atoms with Crippen LogP contribution in [0.1, 0.15) is 5.56 Å². The zero-order valence-electron chi connectivity index (χ0n) is 23.1. The quantitative estimate of drug-likeness (QED) is 0.124. The average Bonchev–Trinajstić information content (AvgIpc) is 3.50. The largest absolute Gasteiger partial charge is 0.634 e. The first-order valence-corrected chi connectivity index (χ1v) is 14.5. The Labute approximate surface area is 243 Å². The predicted molar refractivity (Wildman–Crippen MR) is 177 cm³/mol. The molecule has 42 heavy (non-hydrogen) atoms. The van der Waals surface area contributed by atoms with E-state index in [1.807, 2.05) is 0 Å². The molecule has 0 amide bonds. The molecule has 0 radical (unpaired) electrons. The van der Waals surface area contributed by atoms with Gasteiger partial charge in [0.15, 0.2) is 11.5 Å². The standard InChI is InChI=1S/C39H25BO2/c1-24-22-23-31(26-13-3-2-12-25(24)26)36-29-16-6-8-18-32(29)37(33-19-9-7-17-30(33)36)40-41-38-34-20-10-4-14-27(34)28-15-5-11-21-35(28)39(38)42-40/h2-23H,1H3. The van der Waals surface area contributed by atoms with Gasteiger partial charge in [-0.2, -0.15) is 0 Å². The molecule has 0 bridgehead atoms. The fraction of sp³-hybridized carbons (Fsp3) is 0.0256. The Morgan fingerprint density at radius 2 is 0.786 bits per heavy atom. The van der Waals surface area contributed by atoms with Gasteiger partial charge in [0.05, 0.1) is 0 Å². The zero-order valence-corrected chi connectivity index (χ0v) is 23.1. The molecule has 3 heteroatoms. The molecule has 0 unspecified atom stereocenters. The van der Waals surface area contributed by atoms with Crippen LogP contribution in [0, 0.1) is 6.92 Å². The molecule has 0 aromatic heterocycles. The van der Waals surface area contributed by atoms with E-state index < -0.39 is 7.12 Å². The first-order valence-electron chi connectivity index (χ1n) is 14.5. The van der Waals surface area contributed by atoms with Crippen LogP contribution in [0.15, 0.2) is 133 Å². The van der Waals surface area contributed by atoms with Crippen molar-refractivity contribution in [2.75, 3.05) is 0 Å².